The second-order valence-corrected chi connectivity index (χ2v) is 4.55. The summed E-state index contributed by atoms with van der Waals surface area (Å²) < 4.78 is 26.0. The molecule has 0 aliphatic carbocycles. The molecule has 19 heavy (non-hydrogen) atoms. The van der Waals surface area contributed by atoms with Crippen molar-refractivity contribution in [3.63, 3.8) is 0 Å². The maximum atomic E-state index is 13.0. The van der Waals surface area contributed by atoms with E-state index < -0.39 is 6.43 Å². The minimum absolute atomic E-state index is 0.00751. The van der Waals surface area contributed by atoms with E-state index in [2.05, 4.69) is 9.97 Å². The number of aromatic amines is 1. The average Bonchev–Trinajstić information content (AvgIpc) is 2.81. The number of hydrogen-bond acceptors (Lipinski definition) is 1. The monoisotopic (exact) mass is 278 g/mol. The van der Waals surface area contributed by atoms with Crippen molar-refractivity contribution in [1.82, 2.24) is 9.97 Å². The normalized spacial score (nSPS) is 11.4. The summed E-state index contributed by atoms with van der Waals surface area (Å²) in [5, 5.41) is 1.20. The average molecular weight is 279 g/mol. The van der Waals surface area contributed by atoms with Gasteiger partial charge in [0.15, 0.2) is 0 Å². The van der Waals surface area contributed by atoms with Crippen LogP contribution in [-0.2, 0) is 0 Å². The maximum absolute atomic E-state index is 13.0. The highest BCUT2D eigenvalue weighted by Crippen LogP contribution is 2.32. The van der Waals surface area contributed by atoms with Gasteiger partial charge in [-0.25, -0.2) is 13.8 Å². The van der Waals surface area contributed by atoms with E-state index in [4.69, 9.17) is 11.6 Å². The number of rotatable bonds is 2. The van der Waals surface area contributed by atoms with Crippen LogP contribution >= 0.6 is 11.6 Å². The lowest BCUT2D eigenvalue weighted by atomic mass is 10.1. The highest BCUT2D eigenvalue weighted by atomic mass is 35.5. The number of alkyl halides is 2. The van der Waals surface area contributed by atoms with Gasteiger partial charge >= 0.3 is 0 Å². The second kappa shape index (κ2) is 4.63. The van der Waals surface area contributed by atoms with Crippen LogP contribution < -0.4 is 0 Å². The van der Waals surface area contributed by atoms with Gasteiger partial charge in [-0.15, -0.1) is 0 Å². The fourth-order valence-corrected chi connectivity index (χ4v) is 2.24. The molecule has 96 valence electrons. The standard InChI is InChI=1S/C14H9ClF2N2/c15-13-6-11-8(7-18-13)5-12(19-11)9-3-1-2-4-10(9)14(16)17/h1-7,14,19H. The third kappa shape index (κ3) is 2.19. The Bertz CT molecular complexity index is 737. The van der Waals surface area contributed by atoms with Crippen LogP contribution in [0.4, 0.5) is 8.78 Å². The van der Waals surface area contributed by atoms with Gasteiger partial charge in [-0.2, -0.15) is 0 Å². The molecule has 0 aliphatic heterocycles. The van der Waals surface area contributed by atoms with Gasteiger partial charge < -0.3 is 4.98 Å². The molecule has 0 saturated carbocycles. The summed E-state index contributed by atoms with van der Waals surface area (Å²) in [6.07, 6.45) is -0.896. The molecule has 0 aliphatic rings. The van der Waals surface area contributed by atoms with Crippen molar-refractivity contribution in [1.29, 1.82) is 0 Å². The molecule has 1 N–H and O–H groups in total. The van der Waals surface area contributed by atoms with Crippen molar-refractivity contribution in [3.05, 3.63) is 53.3 Å². The largest absolute Gasteiger partial charge is 0.354 e. The summed E-state index contributed by atoms with van der Waals surface area (Å²) in [5.74, 6) is 0. The topological polar surface area (TPSA) is 28.7 Å². The summed E-state index contributed by atoms with van der Waals surface area (Å²) in [4.78, 5) is 7.06. The number of fused-ring (bicyclic) bond motifs is 1. The molecule has 3 rings (SSSR count). The van der Waals surface area contributed by atoms with E-state index in [1.807, 2.05) is 0 Å². The van der Waals surface area contributed by atoms with Gasteiger partial charge in [-0.05, 0) is 12.1 Å². The van der Waals surface area contributed by atoms with Crippen molar-refractivity contribution in [2.45, 2.75) is 6.43 Å². The molecule has 0 amide bonds. The number of nitrogens with zero attached hydrogens (tertiary/aromatic N) is 1. The number of hydrogen-bond donors (Lipinski definition) is 1. The number of nitrogens with one attached hydrogen (secondary N) is 1. The predicted molar refractivity (Wildman–Crippen MR) is 71.5 cm³/mol. The summed E-state index contributed by atoms with van der Waals surface area (Å²) in [6, 6.07) is 9.90. The molecule has 0 fully saturated rings. The summed E-state index contributed by atoms with van der Waals surface area (Å²) in [7, 11) is 0. The van der Waals surface area contributed by atoms with E-state index in [1.165, 1.54) is 6.07 Å². The Labute approximate surface area is 113 Å². The van der Waals surface area contributed by atoms with Crippen LogP contribution in [0.15, 0.2) is 42.6 Å². The van der Waals surface area contributed by atoms with Crippen LogP contribution in [0.2, 0.25) is 5.15 Å². The zero-order valence-electron chi connectivity index (χ0n) is 9.70. The zero-order chi connectivity index (χ0) is 13.4. The van der Waals surface area contributed by atoms with Crippen LogP contribution in [0.1, 0.15) is 12.0 Å². The van der Waals surface area contributed by atoms with Gasteiger partial charge in [-0.1, -0.05) is 35.9 Å². The molecule has 0 saturated heterocycles. The molecule has 5 heteroatoms. The quantitative estimate of drug-likeness (QED) is 0.669. The molecular formula is C14H9ClF2N2. The summed E-state index contributed by atoms with van der Waals surface area (Å²) >= 11 is 5.80. The molecule has 3 aromatic rings. The zero-order valence-corrected chi connectivity index (χ0v) is 10.5. The highest BCUT2D eigenvalue weighted by molar-refractivity contribution is 6.30. The van der Waals surface area contributed by atoms with Crippen LogP contribution in [0.5, 0.6) is 0 Å². The molecule has 0 radical (unpaired) electrons. The van der Waals surface area contributed by atoms with Gasteiger partial charge in [0.2, 0.25) is 0 Å². The third-order valence-electron chi connectivity index (χ3n) is 2.96. The van der Waals surface area contributed by atoms with Crippen LogP contribution in [0.3, 0.4) is 0 Å². The molecule has 0 unspecified atom stereocenters. The lowest BCUT2D eigenvalue weighted by molar-refractivity contribution is 0.152. The molecule has 2 aromatic heterocycles. The van der Waals surface area contributed by atoms with Gasteiger partial charge in [0.25, 0.3) is 6.43 Å². The number of pyridine rings is 1. The first-order valence-corrected chi connectivity index (χ1v) is 6.04. The van der Waals surface area contributed by atoms with E-state index in [1.54, 1.807) is 36.5 Å². The Balaban J connectivity index is 2.19. The van der Waals surface area contributed by atoms with E-state index >= 15 is 0 Å². The van der Waals surface area contributed by atoms with E-state index in [0.29, 0.717) is 16.4 Å². The van der Waals surface area contributed by atoms with Crippen LogP contribution in [0, 0.1) is 0 Å². The first-order chi connectivity index (χ1) is 9.15. The lowest BCUT2D eigenvalue weighted by Gasteiger charge is -2.06. The molecule has 0 bridgehead atoms. The van der Waals surface area contributed by atoms with Crippen molar-refractivity contribution >= 4 is 22.5 Å². The summed E-state index contributed by atoms with van der Waals surface area (Å²) in [5.41, 5.74) is 1.91. The van der Waals surface area contributed by atoms with Crippen LogP contribution in [0.25, 0.3) is 22.2 Å². The first-order valence-electron chi connectivity index (χ1n) is 5.67. The smallest absolute Gasteiger partial charge is 0.264 e. The molecule has 1 aromatic carbocycles. The predicted octanol–water partition coefficient (Wildman–Crippen LogP) is 4.82. The Morgan fingerprint density at radius 1 is 1.16 bits per heavy atom. The lowest BCUT2D eigenvalue weighted by Crippen LogP contribution is -1.89. The first kappa shape index (κ1) is 12.1. The Morgan fingerprint density at radius 2 is 1.95 bits per heavy atom. The maximum Gasteiger partial charge on any atom is 0.264 e. The molecule has 0 atom stereocenters. The number of benzene rings is 1. The van der Waals surface area contributed by atoms with Gasteiger partial charge in [0.05, 0.1) is 5.52 Å². The number of aromatic nitrogens is 2. The van der Waals surface area contributed by atoms with E-state index in [0.717, 1.165) is 10.9 Å². The minimum atomic E-state index is -2.51. The van der Waals surface area contributed by atoms with Crippen molar-refractivity contribution in [3.8, 4) is 11.3 Å². The fourth-order valence-electron chi connectivity index (χ4n) is 2.08. The Kier molecular flexibility index (Phi) is 2.95. The van der Waals surface area contributed by atoms with Crippen molar-refractivity contribution in [2.75, 3.05) is 0 Å². The second-order valence-electron chi connectivity index (χ2n) is 4.17. The van der Waals surface area contributed by atoms with Gasteiger partial charge in [-0.3, -0.25) is 0 Å². The summed E-state index contributed by atoms with van der Waals surface area (Å²) in [6.45, 7) is 0. The van der Waals surface area contributed by atoms with E-state index in [-0.39, 0.29) is 5.56 Å². The van der Waals surface area contributed by atoms with Crippen LogP contribution in [-0.4, -0.2) is 9.97 Å². The van der Waals surface area contributed by atoms with E-state index in [9.17, 15) is 8.78 Å². The SMILES string of the molecule is FC(F)c1ccccc1-c1cc2cnc(Cl)cc2[nH]1. The van der Waals surface area contributed by atoms with Gasteiger partial charge in [0.1, 0.15) is 5.15 Å². The van der Waals surface area contributed by atoms with Gasteiger partial charge in [0, 0.05) is 28.4 Å². The molecule has 2 heterocycles. The highest BCUT2D eigenvalue weighted by Gasteiger charge is 2.15. The third-order valence-corrected chi connectivity index (χ3v) is 3.16. The number of halogens is 3. The minimum Gasteiger partial charge on any atom is -0.354 e. The van der Waals surface area contributed by atoms with Crippen molar-refractivity contribution in [2.24, 2.45) is 0 Å². The molecular weight excluding hydrogens is 270 g/mol. The molecule has 2 nitrogen and oxygen atoms in total. The Hall–Kier alpha value is -1.94. The molecule has 0 spiro atoms. The fraction of sp³-hybridized carbons (Fsp3) is 0.0714. The Morgan fingerprint density at radius 3 is 2.74 bits per heavy atom. The van der Waals surface area contributed by atoms with Crippen molar-refractivity contribution < 1.29 is 8.78 Å². The number of H-pyrrole nitrogens is 1.